The molecule has 4 nitrogen and oxygen atoms in total. The summed E-state index contributed by atoms with van der Waals surface area (Å²) in [7, 11) is 0. The fourth-order valence-electron chi connectivity index (χ4n) is 1.18. The fraction of sp³-hybridized carbons (Fsp3) is 0.200. The van der Waals surface area contributed by atoms with Crippen molar-refractivity contribution in [3.05, 3.63) is 33.2 Å². The summed E-state index contributed by atoms with van der Waals surface area (Å²) in [6.07, 6.45) is 0. The molecule has 0 aliphatic rings. The number of nitrogens with two attached hydrogens (primary N) is 1. The molecule has 1 aromatic heterocycles. The Bertz CT molecular complexity index is 501. The van der Waals surface area contributed by atoms with E-state index in [9.17, 15) is 0 Å². The van der Waals surface area contributed by atoms with E-state index >= 15 is 0 Å². The van der Waals surface area contributed by atoms with Gasteiger partial charge in [0.15, 0.2) is 5.01 Å². The summed E-state index contributed by atoms with van der Waals surface area (Å²) in [5.74, 6) is 0.814. The molecule has 2 N–H and O–H groups in total. The molecule has 0 spiro atoms. The van der Waals surface area contributed by atoms with Crippen molar-refractivity contribution < 1.29 is 4.74 Å². The van der Waals surface area contributed by atoms with Gasteiger partial charge in [0.2, 0.25) is 5.13 Å². The summed E-state index contributed by atoms with van der Waals surface area (Å²) in [5.41, 5.74) is 6.61. The van der Waals surface area contributed by atoms with Crippen LogP contribution in [0.15, 0.2) is 22.7 Å². The van der Waals surface area contributed by atoms with Crippen molar-refractivity contribution in [3.8, 4) is 5.75 Å². The highest BCUT2D eigenvalue weighted by atomic mass is 79.9. The molecule has 0 fully saturated rings. The van der Waals surface area contributed by atoms with Crippen LogP contribution in [0.2, 0.25) is 0 Å². The predicted octanol–water partition coefficient (Wildman–Crippen LogP) is 2.77. The molecular weight excluding hydrogens is 290 g/mol. The Morgan fingerprint density at radius 1 is 1.44 bits per heavy atom. The van der Waals surface area contributed by atoms with Crippen molar-refractivity contribution in [3.63, 3.8) is 0 Å². The number of rotatable bonds is 3. The second kappa shape index (κ2) is 4.80. The molecule has 0 amide bonds. The molecule has 0 saturated heterocycles. The number of aryl methyl sites for hydroxylation is 1. The van der Waals surface area contributed by atoms with Crippen molar-refractivity contribution in [2.24, 2.45) is 0 Å². The minimum Gasteiger partial charge on any atom is -0.486 e. The Morgan fingerprint density at radius 3 is 2.88 bits per heavy atom. The molecular formula is C10H10BrN3OS. The van der Waals surface area contributed by atoms with E-state index in [2.05, 4.69) is 26.1 Å². The minimum absolute atomic E-state index is 0.399. The van der Waals surface area contributed by atoms with E-state index in [1.807, 2.05) is 25.1 Å². The zero-order valence-corrected chi connectivity index (χ0v) is 11.0. The normalized spacial score (nSPS) is 10.4. The molecule has 6 heteroatoms. The van der Waals surface area contributed by atoms with E-state index in [0.29, 0.717) is 11.7 Å². The molecule has 2 rings (SSSR count). The molecule has 0 aliphatic heterocycles. The lowest BCUT2D eigenvalue weighted by molar-refractivity contribution is 0.304. The second-order valence-corrected chi connectivity index (χ2v) is 5.18. The van der Waals surface area contributed by atoms with Crippen LogP contribution >= 0.6 is 27.3 Å². The lowest BCUT2D eigenvalue weighted by Gasteiger charge is -2.05. The third-order valence-electron chi connectivity index (χ3n) is 1.97. The third kappa shape index (κ3) is 2.70. The third-order valence-corrected chi connectivity index (χ3v) is 3.59. The zero-order valence-electron chi connectivity index (χ0n) is 8.61. The maximum absolute atomic E-state index is 5.57. The van der Waals surface area contributed by atoms with Crippen LogP contribution in [0.3, 0.4) is 0 Å². The van der Waals surface area contributed by atoms with Gasteiger partial charge in [0.25, 0.3) is 0 Å². The summed E-state index contributed by atoms with van der Waals surface area (Å²) in [6.45, 7) is 2.41. The molecule has 0 unspecified atom stereocenters. The fourth-order valence-corrected chi connectivity index (χ4v) is 1.95. The predicted molar refractivity (Wildman–Crippen MR) is 67.5 cm³/mol. The Kier molecular flexibility index (Phi) is 3.40. The van der Waals surface area contributed by atoms with Crippen LogP contribution in [0, 0.1) is 6.92 Å². The molecule has 0 atom stereocenters. The lowest BCUT2D eigenvalue weighted by Crippen LogP contribution is -1.95. The maximum Gasteiger partial charge on any atom is 0.203 e. The van der Waals surface area contributed by atoms with E-state index in [1.54, 1.807) is 0 Å². The highest BCUT2D eigenvalue weighted by Gasteiger charge is 2.03. The first kappa shape index (κ1) is 11.3. The van der Waals surface area contributed by atoms with Crippen LogP contribution in [0.1, 0.15) is 10.6 Å². The van der Waals surface area contributed by atoms with Gasteiger partial charge in [-0.05, 0) is 30.7 Å². The van der Waals surface area contributed by atoms with E-state index in [4.69, 9.17) is 10.5 Å². The van der Waals surface area contributed by atoms with Gasteiger partial charge in [-0.25, -0.2) is 0 Å². The van der Waals surface area contributed by atoms with E-state index in [1.165, 1.54) is 11.3 Å². The zero-order chi connectivity index (χ0) is 11.5. The van der Waals surface area contributed by atoms with Gasteiger partial charge in [-0.2, -0.15) is 0 Å². The second-order valence-electron chi connectivity index (χ2n) is 3.23. The summed E-state index contributed by atoms with van der Waals surface area (Å²) in [6, 6.07) is 5.83. The quantitative estimate of drug-likeness (QED) is 0.947. The van der Waals surface area contributed by atoms with Crippen LogP contribution in [0.4, 0.5) is 5.13 Å². The molecule has 1 heterocycles. The lowest BCUT2D eigenvalue weighted by atomic mass is 10.2. The summed E-state index contributed by atoms with van der Waals surface area (Å²) < 4.78 is 6.64. The highest BCUT2D eigenvalue weighted by Crippen LogP contribution is 2.22. The van der Waals surface area contributed by atoms with E-state index < -0.39 is 0 Å². The van der Waals surface area contributed by atoms with Crippen molar-refractivity contribution >= 4 is 32.4 Å². The van der Waals surface area contributed by atoms with Gasteiger partial charge in [-0.3, -0.25) is 0 Å². The van der Waals surface area contributed by atoms with Crippen LogP contribution in [-0.4, -0.2) is 10.2 Å². The first-order chi connectivity index (χ1) is 7.65. The van der Waals surface area contributed by atoms with Crippen molar-refractivity contribution in [1.29, 1.82) is 0 Å². The van der Waals surface area contributed by atoms with Crippen LogP contribution in [0.25, 0.3) is 0 Å². The number of anilines is 1. The van der Waals surface area contributed by atoms with Gasteiger partial charge in [-0.15, -0.1) is 10.2 Å². The van der Waals surface area contributed by atoms with Crippen LogP contribution in [-0.2, 0) is 6.61 Å². The van der Waals surface area contributed by atoms with Crippen LogP contribution < -0.4 is 10.5 Å². The first-order valence-corrected chi connectivity index (χ1v) is 6.23. The van der Waals surface area contributed by atoms with Gasteiger partial charge in [0.1, 0.15) is 12.4 Å². The monoisotopic (exact) mass is 299 g/mol. The molecule has 0 radical (unpaired) electrons. The Morgan fingerprint density at radius 2 is 2.25 bits per heavy atom. The summed E-state index contributed by atoms with van der Waals surface area (Å²) in [4.78, 5) is 0. The van der Waals surface area contributed by atoms with Gasteiger partial charge in [0.05, 0.1) is 0 Å². The Hall–Kier alpha value is -1.14. The number of nitrogens with zero attached hydrogens (tertiary/aromatic N) is 2. The van der Waals surface area contributed by atoms with Gasteiger partial charge in [0, 0.05) is 4.47 Å². The average Bonchev–Trinajstić information content (AvgIpc) is 2.66. The molecule has 0 aliphatic carbocycles. The molecule has 0 bridgehead atoms. The van der Waals surface area contributed by atoms with Gasteiger partial charge >= 0.3 is 0 Å². The molecule has 84 valence electrons. The molecule has 2 aromatic rings. The van der Waals surface area contributed by atoms with E-state index in [-0.39, 0.29) is 0 Å². The van der Waals surface area contributed by atoms with Crippen molar-refractivity contribution in [1.82, 2.24) is 10.2 Å². The summed E-state index contributed by atoms with van der Waals surface area (Å²) in [5, 5.41) is 8.84. The van der Waals surface area contributed by atoms with Gasteiger partial charge < -0.3 is 10.5 Å². The topological polar surface area (TPSA) is 61.0 Å². The standard InChI is InChI=1S/C10H10BrN3OS/c1-6-4-7(2-3-8(6)11)15-5-9-13-14-10(12)16-9/h2-4H,5H2,1H3,(H2,12,14). The molecule has 16 heavy (non-hydrogen) atoms. The highest BCUT2D eigenvalue weighted by molar-refractivity contribution is 9.10. The first-order valence-electron chi connectivity index (χ1n) is 4.62. The molecule has 0 saturated carbocycles. The SMILES string of the molecule is Cc1cc(OCc2nnc(N)s2)ccc1Br. The molecule has 1 aromatic carbocycles. The maximum atomic E-state index is 5.57. The Balaban J connectivity index is 2.02. The number of benzene rings is 1. The summed E-state index contributed by atoms with van der Waals surface area (Å²) >= 11 is 4.77. The smallest absolute Gasteiger partial charge is 0.203 e. The van der Waals surface area contributed by atoms with Crippen molar-refractivity contribution in [2.75, 3.05) is 5.73 Å². The van der Waals surface area contributed by atoms with Crippen molar-refractivity contribution in [2.45, 2.75) is 13.5 Å². The number of halogens is 1. The number of ether oxygens (including phenoxy) is 1. The van der Waals surface area contributed by atoms with Crippen LogP contribution in [0.5, 0.6) is 5.75 Å². The Labute approximate surface area is 106 Å². The van der Waals surface area contributed by atoms with E-state index in [0.717, 1.165) is 20.8 Å². The average molecular weight is 300 g/mol. The number of hydrogen-bond acceptors (Lipinski definition) is 5. The van der Waals surface area contributed by atoms with Gasteiger partial charge in [-0.1, -0.05) is 27.3 Å². The number of hydrogen-bond donors (Lipinski definition) is 1. The largest absolute Gasteiger partial charge is 0.486 e. The minimum atomic E-state index is 0.399. The number of nitrogen functional groups attached to an aromatic ring is 1. The number of aromatic nitrogens is 2.